The lowest BCUT2D eigenvalue weighted by Crippen LogP contribution is -2.48. The van der Waals surface area contributed by atoms with Crippen LogP contribution in [0.1, 0.15) is 36.3 Å². The predicted molar refractivity (Wildman–Crippen MR) is 174 cm³/mol. The molecule has 4 aromatic rings. The van der Waals surface area contributed by atoms with Gasteiger partial charge in [0.15, 0.2) is 5.96 Å². The van der Waals surface area contributed by atoms with Gasteiger partial charge < -0.3 is 21.7 Å². The average molecular weight is 581 g/mol. The molecular formula is C34H40N6OS. The fraction of sp³-hybridized carbons (Fsp3) is 0.294. The molecule has 0 saturated carbocycles. The highest BCUT2D eigenvalue weighted by atomic mass is 32.2. The van der Waals surface area contributed by atoms with Gasteiger partial charge in [-0.2, -0.15) is 0 Å². The zero-order chi connectivity index (χ0) is 29.1. The van der Waals surface area contributed by atoms with Crippen LogP contribution >= 0.6 is 11.9 Å². The Morgan fingerprint density at radius 1 is 0.929 bits per heavy atom. The molecule has 0 aliphatic carbocycles. The van der Waals surface area contributed by atoms with Crippen molar-refractivity contribution < 1.29 is 4.79 Å². The van der Waals surface area contributed by atoms with Crippen molar-refractivity contribution in [3.05, 3.63) is 114 Å². The van der Waals surface area contributed by atoms with Crippen LogP contribution in [0.25, 0.3) is 10.8 Å². The number of carbonyl (C=O) groups excluding carboxylic acids is 1. The minimum atomic E-state index is -0.300. The summed E-state index contributed by atoms with van der Waals surface area (Å²) in [4.78, 5) is 21.3. The van der Waals surface area contributed by atoms with Gasteiger partial charge in [-0.05, 0) is 65.2 Å². The van der Waals surface area contributed by atoms with E-state index in [1.807, 2.05) is 12.1 Å². The second-order valence-electron chi connectivity index (χ2n) is 10.8. The first-order valence-electron chi connectivity index (χ1n) is 14.7. The van der Waals surface area contributed by atoms with E-state index in [9.17, 15) is 4.79 Å². The first-order chi connectivity index (χ1) is 20.6. The Morgan fingerprint density at radius 2 is 1.60 bits per heavy atom. The molecule has 2 atom stereocenters. The quantitative estimate of drug-likeness (QED) is 0.0823. The number of hydrogen-bond acceptors (Lipinski definition) is 5. The fourth-order valence-electron chi connectivity index (χ4n) is 5.58. The van der Waals surface area contributed by atoms with Crippen molar-refractivity contribution in [3.63, 3.8) is 0 Å². The van der Waals surface area contributed by atoms with Crippen LogP contribution in [-0.4, -0.2) is 55.0 Å². The SMILES string of the molecule is NC(N)=NCCC[C@@H]1N[C@H](CNSc2ccc3ccccc3c2)CCN(CC(c2ccccc2)c2ccccc2)C1=O. The molecule has 42 heavy (non-hydrogen) atoms. The maximum atomic E-state index is 14.0. The second-order valence-corrected chi connectivity index (χ2v) is 11.7. The molecular weight excluding hydrogens is 540 g/mol. The summed E-state index contributed by atoms with van der Waals surface area (Å²) in [6.07, 6.45) is 2.25. The summed E-state index contributed by atoms with van der Waals surface area (Å²) in [5.41, 5.74) is 13.5. The maximum Gasteiger partial charge on any atom is 0.239 e. The molecule has 0 unspecified atom stereocenters. The Morgan fingerprint density at radius 3 is 2.29 bits per heavy atom. The van der Waals surface area contributed by atoms with Crippen LogP contribution in [-0.2, 0) is 4.79 Å². The van der Waals surface area contributed by atoms with Crippen molar-refractivity contribution >= 4 is 34.6 Å². The van der Waals surface area contributed by atoms with Gasteiger partial charge in [0.25, 0.3) is 0 Å². The molecule has 1 amide bonds. The molecule has 0 spiro atoms. The lowest BCUT2D eigenvalue weighted by molar-refractivity contribution is -0.133. The largest absolute Gasteiger partial charge is 0.370 e. The van der Waals surface area contributed by atoms with Crippen molar-refractivity contribution in [1.82, 2.24) is 14.9 Å². The highest BCUT2D eigenvalue weighted by molar-refractivity contribution is 7.97. The third-order valence-electron chi connectivity index (χ3n) is 7.79. The monoisotopic (exact) mass is 580 g/mol. The number of nitrogens with zero attached hydrogens (tertiary/aromatic N) is 2. The first kappa shape index (κ1) is 29.6. The number of rotatable bonds is 12. The predicted octanol–water partition coefficient (Wildman–Crippen LogP) is 4.88. The molecule has 5 rings (SSSR count). The number of nitrogens with one attached hydrogen (secondary N) is 2. The number of aliphatic imine (C=N–C) groups is 1. The van der Waals surface area contributed by atoms with E-state index in [4.69, 9.17) is 11.5 Å². The molecule has 1 saturated heterocycles. The van der Waals surface area contributed by atoms with Crippen molar-refractivity contribution in [2.45, 2.75) is 42.2 Å². The van der Waals surface area contributed by atoms with Gasteiger partial charge >= 0.3 is 0 Å². The van der Waals surface area contributed by atoms with Crippen molar-refractivity contribution in [3.8, 4) is 0 Å². The lowest BCUT2D eigenvalue weighted by Gasteiger charge is -2.29. The maximum absolute atomic E-state index is 14.0. The van der Waals surface area contributed by atoms with Gasteiger partial charge in [0.1, 0.15) is 0 Å². The van der Waals surface area contributed by atoms with Crippen molar-refractivity contribution in [2.24, 2.45) is 16.5 Å². The summed E-state index contributed by atoms with van der Waals surface area (Å²) < 4.78 is 3.56. The van der Waals surface area contributed by atoms with E-state index in [1.54, 1.807) is 11.9 Å². The third kappa shape index (κ3) is 8.12. The van der Waals surface area contributed by atoms with Crippen LogP contribution in [0.4, 0.5) is 0 Å². The molecule has 0 bridgehead atoms. The van der Waals surface area contributed by atoms with E-state index in [-0.39, 0.29) is 29.9 Å². The zero-order valence-corrected chi connectivity index (χ0v) is 24.7. The average Bonchev–Trinajstić information content (AvgIpc) is 3.16. The molecule has 1 aliphatic heterocycles. The number of nitrogens with two attached hydrogens (primary N) is 2. The van der Waals surface area contributed by atoms with Gasteiger partial charge in [-0.3, -0.25) is 14.5 Å². The third-order valence-corrected chi connectivity index (χ3v) is 8.59. The molecule has 8 heteroatoms. The highest BCUT2D eigenvalue weighted by Crippen LogP contribution is 2.27. The molecule has 6 N–H and O–H groups in total. The Bertz CT molecular complexity index is 1420. The Labute approximate surface area is 252 Å². The number of guanidine groups is 1. The summed E-state index contributed by atoms with van der Waals surface area (Å²) in [6.45, 7) is 2.57. The van der Waals surface area contributed by atoms with Gasteiger partial charge in [-0.1, -0.05) is 91.0 Å². The standard InChI is InChI=1S/C34H40N6OS/c35-34(36)37-20-9-16-32-33(41)40(24-31(26-11-3-1-4-12-26)27-13-5-2-6-14-27)21-19-29(39-32)23-38-42-30-18-17-25-10-7-8-15-28(25)22-30/h1-8,10-15,17-18,22,29,31-32,38-39H,9,16,19-21,23-24H2,(H4,35,36,37)/t29-,32-/m0/s1. The Hall–Kier alpha value is -3.85. The molecule has 0 radical (unpaired) electrons. The van der Waals surface area contributed by atoms with Gasteiger partial charge in [0.05, 0.1) is 6.04 Å². The fourth-order valence-corrected chi connectivity index (χ4v) is 6.36. The summed E-state index contributed by atoms with van der Waals surface area (Å²) in [6, 6.07) is 35.7. The van der Waals surface area contributed by atoms with Crippen LogP contribution in [0.5, 0.6) is 0 Å². The Kier molecular flexibility index (Phi) is 10.5. The van der Waals surface area contributed by atoms with Gasteiger partial charge in [-0.15, -0.1) is 0 Å². The zero-order valence-electron chi connectivity index (χ0n) is 23.9. The summed E-state index contributed by atoms with van der Waals surface area (Å²) >= 11 is 1.63. The van der Waals surface area contributed by atoms with Crippen molar-refractivity contribution in [2.75, 3.05) is 26.2 Å². The first-order valence-corrected chi connectivity index (χ1v) is 15.5. The van der Waals surface area contributed by atoms with Crippen molar-refractivity contribution in [1.29, 1.82) is 0 Å². The van der Waals surface area contributed by atoms with E-state index >= 15 is 0 Å². The van der Waals surface area contributed by atoms with E-state index in [2.05, 4.69) is 111 Å². The van der Waals surface area contributed by atoms with Crippen LogP contribution < -0.4 is 21.5 Å². The molecule has 218 valence electrons. The van der Waals surface area contributed by atoms with Crippen LogP contribution in [0.2, 0.25) is 0 Å². The number of amides is 1. The van der Waals surface area contributed by atoms with Gasteiger partial charge in [0, 0.05) is 43.0 Å². The van der Waals surface area contributed by atoms with E-state index in [0.717, 1.165) is 19.4 Å². The van der Waals surface area contributed by atoms with Crippen LogP contribution in [0.3, 0.4) is 0 Å². The second kappa shape index (κ2) is 14.9. The van der Waals surface area contributed by atoms with E-state index < -0.39 is 0 Å². The number of benzene rings is 4. The molecule has 1 fully saturated rings. The van der Waals surface area contributed by atoms with Crippen LogP contribution in [0, 0.1) is 0 Å². The molecule has 0 aromatic heterocycles. The van der Waals surface area contributed by atoms with Gasteiger partial charge in [-0.25, -0.2) is 0 Å². The molecule has 4 aromatic carbocycles. The van der Waals surface area contributed by atoms with Crippen LogP contribution in [0.15, 0.2) is 113 Å². The number of hydrogen-bond donors (Lipinski definition) is 4. The molecule has 1 heterocycles. The van der Waals surface area contributed by atoms with E-state index in [1.165, 1.54) is 26.8 Å². The summed E-state index contributed by atoms with van der Waals surface area (Å²) in [5.74, 6) is 0.316. The topological polar surface area (TPSA) is 109 Å². The summed E-state index contributed by atoms with van der Waals surface area (Å²) in [5, 5.41) is 6.14. The van der Waals surface area contributed by atoms with E-state index in [0.29, 0.717) is 26.1 Å². The summed E-state index contributed by atoms with van der Waals surface area (Å²) in [7, 11) is 0. The van der Waals surface area contributed by atoms with Gasteiger partial charge in [0.2, 0.25) is 5.91 Å². The number of carbonyl (C=O) groups is 1. The lowest BCUT2D eigenvalue weighted by atomic mass is 9.90. The minimum absolute atomic E-state index is 0.0816. The molecule has 1 aliphatic rings. The highest BCUT2D eigenvalue weighted by Gasteiger charge is 2.32. The molecule has 7 nitrogen and oxygen atoms in total. The minimum Gasteiger partial charge on any atom is -0.370 e. The Balaban J connectivity index is 1.28. The number of fused-ring (bicyclic) bond motifs is 1. The smallest absolute Gasteiger partial charge is 0.239 e. The normalized spacial score (nSPS) is 17.4.